The van der Waals surface area contributed by atoms with Gasteiger partial charge in [-0.3, -0.25) is 9.88 Å². The minimum atomic E-state index is -0.314. The second-order valence-corrected chi connectivity index (χ2v) is 6.64. The number of aliphatic imine (C=N–C) groups is 1. The number of benzene rings is 2. The maximum Gasteiger partial charge on any atom is 0.212 e. The van der Waals surface area contributed by atoms with Gasteiger partial charge in [0.25, 0.3) is 0 Å². The van der Waals surface area contributed by atoms with Crippen LogP contribution >= 0.6 is 0 Å². The molecule has 1 atom stereocenters. The Morgan fingerprint density at radius 2 is 1.74 bits per heavy atom. The van der Waals surface area contributed by atoms with Gasteiger partial charge in [0.05, 0.1) is 22.4 Å². The van der Waals surface area contributed by atoms with E-state index < -0.39 is 0 Å². The molecule has 0 radical (unpaired) electrons. The fraction of sp³-hybridized carbons (Fsp3) is 0.150. The molecular weight excluding hydrogens is 338 g/mol. The molecule has 0 spiro atoms. The first-order chi connectivity index (χ1) is 13.1. The van der Waals surface area contributed by atoms with Gasteiger partial charge in [-0.15, -0.1) is 0 Å². The highest BCUT2D eigenvalue weighted by atomic mass is 15.4. The Morgan fingerprint density at radius 3 is 2.56 bits per heavy atom. The van der Waals surface area contributed by atoms with E-state index in [1.165, 1.54) is 0 Å². The summed E-state index contributed by atoms with van der Waals surface area (Å²) in [5.41, 5.74) is 12.0. The van der Waals surface area contributed by atoms with Crippen molar-refractivity contribution < 1.29 is 0 Å². The lowest BCUT2D eigenvalue weighted by atomic mass is 10.1. The van der Waals surface area contributed by atoms with Crippen molar-refractivity contribution in [3.63, 3.8) is 0 Å². The summed E-state index contributed by atoms with van der Waals surface area (Å²) in [6, 6.07) is 18.1. The number of para-hydroxylation sites is 3. The average Bonchev–Trinajstić information content (AvgIpc) is 3.18. The fourth-order valence-electron chi connectivity index (χ4n) is 3.76. The molecule has 0 amide bonds. The molecule has 0 saturated carbocycles. The molecule has 2 aromatic heterocycles. The number of nitrogens with one attached hydrogen (secondary N) is 1. The van der Waals surface area contributed by atoms with Gasteiger partial charge in [-0.2, -0.15) is 5.10 Å². The lowest BCUT2D eigenvalue weighted by molar-refractivity contribution is 0.618. The topological polar surface area (TPSA) is 86.1 Å². The van der Waals surface area contributed by atoms with Crippen LogP contribution in [0, 0.1) is 13.8 Å². The van der Waals surface area contributed by atoms with Crippen LogP contribution in [-0.4, -0.2) is 25.3 Å². The quantitative estimate of drug-likeness (QED) is 0.577. The largest absolute Gasteiger partial charge is 0.370 e. The molecule has 134 valence electrons. The van der Waals surface area contributed by atoms with Gasteiger partial charge in [0.2, 0.25) is 5.95 Å². The highest BCUT2D eigenvalue weighted by Gasteiger charge is 2.29. The molecule has 0 unspecified atom stereocenters. The van der Waals surface area contributed by atoms with Crippen molar-refractivity contribution in [1.29, 1.82) is 0 Å². The van der Waals surface area contributed by atoms with Crippen LogP contribution in [0.4, 0.5) is 5.95 Å². The average molecular weight is 357 g/mol. The first kappa shape index (κ1) is 15.6. The normalized spacial score (nSPS) is 16.1. The molecule has 3 heterocycles. The number of hydrogen-bond acceptors (Lipinski definition) is 5. The molecule has 3 N–H and O–H groups in total. The van der Waals surface area contributed by atoms with Crippen molar-refractivity contribution in [2.24, 2.45) is 10.7 Å². The second kappa shape index (κ2) is 5.70. The van der Waals surface area contributed by atoms with E-state index >= 15 is 0 Å². The monoisotopic (exact) mass is 357 g/mol. The van der Waals surface area contributed by atoms with Crippen LogP contribution in [0.5, 0.6) is 0 Å². The zero-order chi connectivity index (χ0) is 18.5. The Labute approximate surface area is 156 Å². The summed E-state index contributed by atoms with van der Waals surface area (Å²) in [6.45, 7) is 4.07. The standard InChI is InChI=1S/C20H19N7/c1-12-17(13(2)27(25-12)14-8-4-3-5-9-14)18-23-19(21)24-20-22-15-10-6-7-11-16(15)26(18)20/h3-11,18H,1-2H3,(H3,21,22,23,24)/t18-/m0/s1. The predicted octanol–water partition coefficient (Wildman–Crippen LogP) is 3.13. The Bertz CT molecular complexity index is 1180. The van der Waals surface area contributed by atoms with Gasteiger partial charge in [-0.05, 0) is 38.1 Å². The number of hydrogen-bond donors (Lipinski definition) is 2. The second-order valence-electron chi connectivity index (χ2n) is 6.64. The Hall–Kier alpha value is -3.61. The molecule has 5 rings (SSSR count). The van der Waals surface area contributed by atoms with Crippen LogP contribution in [-0.2, 0) is 0 Å². The molecule has 0 saturated heterocycles. The first-order valence-electron chi connectivity index (χ1n) is 8.82. The molecule has 7 heteroatoms. The summed E-state index contributed by atoms with van der Waals surface area (Å²) in [5, 5.41) is 7.85. The third kappa shape index (κ3) is 2.32. The summed E-state index contributed by atoms with van der Waals surface area (Å²) in [5.74, 6) is 1.05. The van der Waals surface area contributed by atoms with Gasteiger partial charge in [0.1, 0.15) is 0 Å². The zero-order valence-electron chi connectivity index (χ0n) is 15.1. The summed E-state index contributed by atoms with van der Waals surface area (Å²) in [7, 11) is 0. The van der Waals surface area contributed by atoms with Crippen molar-refractivity contribution in [1.82, 2.24) is 19.3 Å². The van der Waals surface area contributed by atoms with Gasteiger partial charge in [0.15, 0.2) is 12.1 Å². The van der Waals surface area contributed by atoms with E-state index in [0.717, 1.165) is 33.7 Å². The molecule has 27 heavy (non-hydrogen) atoms. The highest BCUT2D eigenvalue weighted by Crippen LogP contribution is 2.35. The van der Waals surface area contributed by atoms with E-state index in [-0.39, 0.29) is 6.17 Å². The molecule has 0 fully saturated rings. The van der Waals surface area contributed by atoms with Crippen LogP contribution in [0.1, 0.15) is 23.1 Å². The third-order valence-corrected chi connectivity index (χ3v) is 4.95. The SMILES string of the molecule is Cc1nn(-c2ccccc2)c(C)c1[C@H]1N=C(N)Nc2nc3ccccc3n21. The van der Waals surface area contributed by atoms with E-state index in [4.69, 9.17) is 15.8 Å². The summed E-state index contributed by atoms with van der Waals surface area (Å²) >= 11 is 0. The minimum Gasteiger partial charge on any atom is -0.370 e. The molecule has 0 bridgehead atoms. The van der Waals surface area contributed by atoms with E-state index in [2.05, 4.69) is 21.8 Å². The van der Waals surface area contributed by atoms with E-state index in [9.17, 15) is 0 Å². The van der Waals surface area contributed by atoms with Crippen LogP contribution in [0.3, 0.4) is 0 Å². The lowest BCUT2D eigenvalue weighted by Gasteiger charge is -2.24. The molecule has 2 aromatic carbocycles. The third-order valence-electron chi connectivity index (χ3n) is 4.95. The smallest absolute Gasteiger partial charge is 0.212 e. The van der Waals surface area contributed by atoms with Gasteiger partial charge in [-0.1, -0.05) is 30.3 Å². The van der Waals surface area contributed by atoms with Gasteiger partial charge in [-0.25, -0.2) is 14.7 Å². The number of imidazole rings is 1. The van der Waals surface area contributed by atoms with E-state index in [0.29, 0.717) is 11.9 Å². The number of aryl methyl sites for hydroxylation is 1. The van der Waals surface area contributed by atoms with Crippen LogP contribution in [0.25, 0.3) is 16.7 Å². The molecular formula is C20H19N7. The van der Waals surface area contributed by atoms with Crippen molar-refractivity contribution in [2.75, 3.05) is 5.32 Å². The number of rotatable bonds is 2. The first-order valence-corrected chi connectivity index (χ1v) is 8.82. The summed E-state index contributed by atoms with van der Waals surface area (Å²) in [4.78, 5) is 9.37. The molecule has 0 aliphatic carbocycles. The van der Waals surface area contributed by atoms with Gasteiger partial charge < -0.3 is 5.73 Å². The van der Waals surface area contributed by atoms with Crippen molar-refractivity contribution in [2.45, 2.75) is 20.0 Å². The number of nitrogens with zero attached hydrogens (tertiary/aromatic N) is 5. The lowest BCUT2D eigenvalue weighted by Crippen LogP contribution is -2.31. The Balaban J connectivity index is 1.74. The van der Waals surface area contributed by atoms with E-state index in [1.807, 2.05) is 66.2 Å². The predicted molar refractivity (Wildman–Crippen MR) is 106 cm³/mol. The molecule has 1 aliphatic heterocycles. The Kier molecular flexibility index (Phi) is 3.30. The van der Waals surface area contributed by atoms with Crippen molar-refractivity contribution in [3.8, 4) is 5.69 Å². The molecule has 4 aromatic rings. The number of guanidine groups is 1. The number of fused-ring (bicyclic) bond motifs is 3. The minimum absolute atomic E-state index is 0.314. The number of nitrogens with two attached hydrogens (primary N) is 1. The van der Waals surface area contributed by atoms with Crippen molar-refractivity contribution >= 4 is 22.9 Å². The van der Waals surface area contributed by atoms with Crippen LogP contribution in [0.15, 0.2) is 59.6 Å². The summed E-state index contributed by atoms with van der Waals surface area (Å²) < 4.78 is 4.04. The maximum atomic E-state index is 6.08. The maximum absolute atomic E-state index is 6.08. The van der Waals surface area contributed by atoms with Gasteiger partial charge in [0, 0.05) is 11.3 Å². The number of aromatic nitrogens is 4. The van der Waals surface area contributed by atoms with Gasteiger partial charge >= 0.3 is 0 Å². The highest BCUT2D eigenvalue weighted by molar-refractivity contribution is 5.94. The zero-order valence-corrected chi connectivity index (χ0v) is 15.1. The molecule has 7 nitrogen and oxygen atoms in total. The van der Waals surface area contributed by atoms with Crippen LogP contribution < -0.4 is 11.1 Å². The summed E-state index contributed by atoms with van der Waals surface area (Å²) in [6.07, 6.45) is -0.314. The van der Waals surface area contributed by atoms with E-state index in [1.54, 1.807) is 0 Å². The number of anilines is 1. The Morgan fingerprint density at radius 1 is 1.00 bits per heavy atom. The molecule has 1 aliphatic rings. The fourth-order valence-corrected chi connectivity index (χ4v) is 3.76. The van der Waals surface area contributed by atoms with Crippen LogP contribution in [0.2, 0.25) is 0 Å². The van der Waals surface area contributed by atoms with Crippen molar-refractivity contribution in [3.05, 3.63) is 71.5 Å².